The van der Waals surface area contributed by atoms with Gasteiger partial charge >= 0.3 is 0 Å². The monoisotopic (exact) mass is 137 g/mol. The summed E-state index contributed by atoms with van der Waals surface area (Å²) in [7, 11) is 0. The summed E-state index contributed by atoms with van der Waals surface area (Å²) in [6.45, 7) is 0. The second-order valence-electron chi connectivity index (χ2n) is 1.73. The summed E-state index contributed by atoms with van der Waals surface area (Å²) in [4.78, 5) is 0.478. The summed E-state index contributed by atoms with van der Waals surface area (Å²) < 4.78 is 0. The molecule has 2 aliphatic heterocycles. The Hall–Kier alpha value is -1.72. The molecule has 0 spiro atoms. The highest BCUT2D eigenvalue weighted by atomic mass is 16.5. The van der Waals surface area contributed by atoms with Gasteiger partial charge in [-0.2, -0.15) is 5.10 Å². The van der Waals surface area contributed by atoms with Crippen LogP contribution in [0.5, 0.6) is 0 Å². The van der Waals surface area contributed by atoms with Crippen LogP contribution in [0, 0.1) is 0 Å². The molecule has 0 bridgehead atoms. The third kappa shape index (κ3) is 0.586. The van der Waals surface area contributed by atoms with Gasteiger partial charge < -0.3 is 5.21 Å². The Kier molecular flexibility index (Phi) is 0.830. The van der Waals surface area contributed by atoms with Crippen molar-refractivity contribution in [2.45, 2.75) is 0 Å². The summed E-state index contributed by atoms with van der Waals surface area (Å²) in [5.74, 6) is 0. The van der Waals surface area contributed by atoms with Gasteiger partial charge in [0, 0.05) is 0 Å². The van der Waals surface area contributed by atoms with Crippen molar-refractivity contribution in [3.05, 3.63) is 12.4 Å². The maximum atomic E-state index is 8.69. The zero-order valence-electron chi connectivity index (χ0n) is 4.84. The molecule has 2 rings (SSSR count). The van der Waals surface area contributed by atoms with E-state index in [0.717, 1.165) is 0 Å². The lowest BCUT2D eigenvalue weighted by atomic mass is 10.4. The molecule has 0 saturated carbocycles. The van der Waals surface area contributed by atoms with Crippen LogP contribution in [-0.4, -0.2) is 30.6 Å². The van der Waals surface area contributed by atoms with Crippen molar-refractivity contribution in [1.29, 1.82) is 0 Å². The first-order valence-electron chi connectivity index (χ1n) is 2.59. The molecular formula is C4H3N5O. The summed E-state index contributed by atoms with van der Waals surface area (Å²) >= 11 is 0. The predicted octanol–water partition coefficient (Wildman–Crippen LogP) is -0.590. The van der Waals surface area contributed by atoms with Gasteiger partial charge in [-0.25, -0.2) is 0 Å². The van der Waals surface area contributed by atoms with Crippen LogP contribution >= 0.6 is 0 Å². The smallest absolute Gasteiger partial charge is 0.138 e. The highest BCUT2D eigenvalue weighted by Gasteiger charge is 2.06. The van der Waals surface area contributed by atoms with Crippen LogP contribution in [0.15, 0.2) is 12.4 Å². The first-order valence-corrected chi connectivity index (χ1v) is 2.59. The van der Waals surface area contributed by atoms with Gasteiger partial charge in [0.25, 0.3) is 0 Å². The van der Waals surface area contributed by atoms with Crippen molar-refractivity contribution in [3.63, 3.8) is 0 Å². The molecule has 0 unspecified atom stereocenters. The summed E-state index contributed by atoms with van der Waals surface area (Å²) in [5, 5.41) is 22.9. The Balaban J connectivity index is 2.75. The second-order valence-corrected chi connectivity index (χ2v) is 1.73. The lowest BCUT2D eigenvalue weighted by Crippen LogP contribution is -2.04. The van der Waals surface area contributed by atoms with Gasteiger partial charge in [-0.1, -0.05) is 0 Å². The minimum Gasteiger partial charge on any atom is -0.396 e. The zero-order valence-corrected chi connectivity index (χ0v) is 4.84. The van der Waals surface area contributed by atoms with Gasteiger partial charge in [0.15, 0.2) is 0 Å². The molecule has 2 heterocycles. The van der Waals surface area contributed by atoms with E-state index in [2.05, 4.69) is 20.4 Å². The maximum Gasteiger partial charge on any atom is 0.138 e. The molecule has 0 aromatic rings. The highest BCUT2D eigenvalue weighted by molar-refractivity contribution is 5.50. The van der Waals surface area contributed by atoms with Crippen molar-refractivity contribution in [2.24, 2.45) is 0 Å². The van der Waals surface area contributed by atoms with E-state index in [-0.39, 0.29) is 0 Å². The second kappa shape index (κ2) is 1.63. The zero-order chi connectivity index (χ0) is 6.97. The molecule has 0 amide bonds. The van der Waals surface area contributed by atoms with Crippen LogP contribution in [0.4, 0.5) is 0 Å². The van der Waals surface area contributed by atoms with Crippen LogP contribution in [0.2, 0.25) is 0 Å². The van der Waals surface area contributed by atoms with Gasteiger partial charge in [0.1, 0.15) is 11.4 Å². The maximum absolute atomic E-state index is 8.69. The van der Waals surface area contributed by atoms with Crippen LogP contribution in [0.25, 0.3) is 11.4 Å². The fraction of sp³-hybridized carbons (Fsp3) is 0. The van der Waals surface area contributed by atoms with Gasteiger partial charge in [-0.15, -0.1) is 15.3 Å². The summed E-state index contributed by atoms with van der Waals surface area (Å²) in [6, 6.07) is 0. The Bertz CT molecular complexity index is 318. The molecule has 0 saturated heterocycles. The normalized spacial score (nSPS) is 10.4. The molecule has 0 atom stereocenters. The van der Waals surface area contributed by atoms with Crippen molar-refractivity contribution >= 4 is 0 Å². The number of hydrogen-bond acceptors (Lipinski definition) is 5. The van der Waals surface area contributed by atoms with E-state index in [1.165, 1.54) is 12.4 Å². The largest absolute Gasteiger partial charge is 0.396 e. The standard InChI is InChI=1S/C4H3N5O/c10-9-6-2-3-4(8-9)1-5-7-3/h1-2,10H. The van der Waals surface area contributed by atoms with E-state index >= 15 is 0 Å². The van der Waals surface area contributed by atoms with Crippen LogP contribution < -0.4 is 0 Å². The molecule has 2 aliphatic rings. The Morgan fingerprint density at radius 3 is 3.10 bits per heavy atom. The Morgan fingerprint density at radius 2 is 2.20 bits per heavy atom. The van der Waals surface area contributed by atoms with Gasteiger partial charge in [-0.05, 0) is 4.96 Å². The van der Waals surface area contributed by atoms with Crippen molar-refractivity contribution < 1.29 is 5.21 Å². The fourth-order valence-electron chi connectivity index (χ4n) is 0.661. The van der Waals surface area contributed by atoms with Crippen molar-refractivity contribution in [3.8, 4) is 11.4 Å². The minimum atomic E-state index is 0.478. The third-order valence-electron chi connectivity index (χ3n) is 1.09. The number of aromatic nitrogens is 5. The molecule has 10 heavy (non-hydrogen) atoms. The van der Waals surface area contributed by atoms with E-state index in [1.54, 1.807) is 0 Å². The molecule has 6 nitrogen and oxygen atoms in total. The molecule has 0 aromatic heterocycles. The van der Waals surface area contributed by atoms with E-state index in [4.69, 9.17) is 5.21 Å². The predicted molar refractivity (Wildman–Crippen MR) is 29.4 cm³/mol. The average Bonchev–Trinajstić information content (AvgIpc) is 2.33. The van der Waals surface area contributed by atoms with Crippen molar-refractivity contribution in [2.75, 3.05) is 0 Å². The topological polar surface area (TPSA) is 76.7 Å². The first kappa shape index (κ1) is 5.10. The van der Waals surface area contributed by atoms with Gasteiger partial charge in [-0.3, -0.25) is 0 Å². The molecule has 0 aliphatic carbocycles. The van der Waals surface area contributed by atoms with Gasteiger partial charge in [0.05, 0.1) is 12.4 Å². The molecular weight excluding hydrogens is 134 g/mol. The average molecular weight is 137 g/mol. The van der Waals surface area contributed by atoms with Crippen LogP contribution in [-0.2, 0) is 0 Å². The van der Waals surface area contributed by atoms with Crippen LogP contribution in [0.1, 0.15) is 0 Å². The number of hydrogen-bond donors (Lipinski definition) is 1. The number of fused-ring (bicyclic) bond motifs is 1. The SMILES string of the molecule is On1ncc2nncc-2n1. The Morgan fingerprint density at radius 1 is 1.30 bits per heavy atom. The summed E-state index contributed by atoms with van der Waals surface area (Å²) in [5.41, 5.74) is 1.10. The van der Waals surface area contributed by atoms with Gasteiger partial charge in [0.2, 0.25) is 0 Å². The summed E-state index contributed by atoms with van der Waals surface area (Å²) in [6.07, 6.45) is 2.83. The van der Waals surface area contributed by atoms with E-state index < -0.39 is 0 Å². The molecule has 0 radical (unpaired) electrons. The molecule has 6 heteroatoms. The fourth-order valence-corrected chi connectivity index (χ4v) is 0.661. The molecule has 50 valence electrons. The molecule has 0 fully saturated rings. The van der Waals surface area contributed by atoms with E-state index in [1.807, 2.05) is 0 Å². The van der Waals surface area contributed by atoms with E-state index in [9.17, 15) is 0 Å². The highest BCUT2D eigenvalue weighted by Crippen LogP contribution is 2.09. The Labute approximate surface area is 55.4 Å². The third-order valence-corrected chi connectivity index (χ3v) is 1.09. The quantitative estimate of drug-likeness (QED) is 0.491. The van der Waals surface area contributed by atoms with Crippen LogP contribution in [0.3, 0.4) is 0 Å². The van der Waals surface area contributed by atoms with E-state index in [0.29, 0.717) is 16.3 Å². The number of rotatable bonds is 0. The molecule has 1 N–H and O–H groups in total. The molecule has 0 aromatic carbocycles. The lowest BCUT2D eigenvalue weighted by molar-refractivity contribution is 0.104. The minimum absolute atomic E-state index is 0.478. The first-order chi connectivity index (χ1) is 4.86. The number of nitrogens with zero attached hydrogens (tertiary/aromatic N) is 5. The lowest BCUT2D eigenvalue weighted by Gasteiger charge is -1.93. The van der Waals surface area contributed by atoms with Crippen molar-refractivity contribution in [1.82, 2.24) is 25.4 Å².